The van der Waals surface area contributed by atoms with E-state index in [-0.39, 0.29) is 5.91 Å². The number of hydrogen-bond donors (Lipinski definition) is 0. The third-order valence-corrected chi connectivity index (χ3v) is 4.95. The lowest BCUT2D eigenvalue weighted by Crippen LogP contribution is -2.48. The lowest BCUT2D eigenvalue weighted by molar-refractivity contribution is 0.0645. The Bertz CT molecular complexity index is 944. The van der Waals surface area contributed by atoms with Crippen LogP contribution >= 0.6 is 0 Å². The van der Waals surface area contributed by atoms with Crippen molar-refractivity contribution in [3.05, 3.63) is 84.1 Å². The highest BCUT2D eigenvalue weighted by Crippen LogP contribution is 2.14. The van der Waals surface area contributed by atoms with E-state index in [4.69, 9.17) is 0 Å². The van der Waals surface area contributed by atoms with Gasteiger partial charge < -0.3 is 4.90 Å². The Hall–Kier alpha value is -2.98. The summed E-state index contributed by atoms with van der Waals surface area (Å²) in [5.41, 5.74) is 2.62. The third kappa shape index (κ3) is 4.23. The van der Waals surface area contributed by atoms with E-state index in [0.717, 1.165) is 43.6 Å². The second-order valence-electron chi connectivity index (χ2n) is 6.80. The average molecular weight is 357 g/mol. The van der Waals surface area contributed by atoms with Crippen LogP contribution in [0.3, 0.4) is 0 Å². The number of aromatic nitrogens is 1. The molecule has 4 nitrogen and oxygen atoms in total. The van der Waals surface area contributed by atoms with Crippen molar-refractivity contribution in [2.24, 2.45) is 0 Å². The molecule has 1 aromatic heterocycles. The molecule has 0 bridgehead atoms. The van der Waals surface area contributed by atoms with E-state index in [1.165, 1.54) is 5.56 Å². The summed E-state index contributed by atoms with van der Waals surface area (Å²) in [6.07, 6.45) is 4.34. The molecule has 2 aromatic carbocycles. The van der Waals surface area contributed by atoms with Crippen LogP contribution in [0.4, 0.5) is 0 Å². The van der Waals surface area contributed by atoms with E-state index in [9.17, 15) is 4.79 Å². The van der Waals surface area contributed by atoms with Gasteiger partial charge >= 0.3 is 0 Å². The fraction of sp³-hybridized carbons (Fsp3) is 0.217. The molecule has 0 radical (unpaired) electrons. The topological polar surface area (TPSA) is 36.4 Å². The predicted molar refractivity (Wildman–Crippen MR) is 110 cm³/mol. The zero-order chi connectivity index (χ0) is 18.5. The number of para-hydroxylation sites is 1. The van der Waals surface area contributed by atoms with Crippen molar-refractivity contribution >= 4 is 22.9 Å². The van der Waals surface area contributed by atoms with Crippen molar-refractivity contribution in [1.82, 2.24) is 14.8 Å². The van der Waals surface area contributed by atoms with Gasteiger partial charge in [0.15, 0.2) is 0 Å². The molecule has 4 heteroatoms. The average Bonchev–Trinajstić information content (AvgIpc) is 2.74. The van der Waals surface area contributed by atoms with Gasteiger partial charge in [-0.15, -0.1) is 0 Å². The monoisotopic (exact) mass is 357 g/mol. The summed E-state index contributed by atoms with van der Waals surface area (Å²) in [4.78, 5) is 21.6. The molecule has 0 spiro atoms. The van der Waals surface area contributed by atoms with Crippen molar-refractivity contribution in [1.29, 1.82) is 0 Å². The number of rotatable bonds is 4. The molecule has 1 aliphatic rings. The number of benzene rings is 2. The van der Waals surface area contributed by atoms with E-state index in [1.807, 2.05) is 59.5 Å². The molecule has 1 fully saturated rings. The minimum absolute atomic E-state index is 0.0280. The lowest BCUT2D eigenvalue weighted by atomic mass is 10.2. The van der Waals surface area contributed by atoms with Crippen molar-refractivity contribution in [2.45, 2.75) is 0 Å². The highest BCUT2D eigenvalue weighted by Gasteiger charge is 2.22. The van der Waals surface area contributed by atoms with Gasteiger partial charge in [0.25, 0.3) is 5.91 Å². The zero-order valence-electron chi connectivity index (χ0n) is 15.3. The van der Waals surface area contributed by atoms with Gasteiger partial charge in [0, 0.05) is 38.1 Å². The van der Waals surface area contributed by atoms with Gasteiger partial charge in [-0.25, -0.2) is 4.98 Å². The molecule has 0 aliphatic carbocycles. The quantitative estimate of drug-likeness (QED) is 0.714. The summed E-state index contributed by atoms with van der Waals surface area (Å²) < 4.78 is 0. The van der Waals surface area contributed by atoms with Crippen LogP contribution in [0.2, 0.25) is 0 Å². The lowest BCUT2D eigenvalue weighted by Gasteiger charge is -2.34. The first-order chi connectivity index (χ1) is 13.3. The Morgan fingerprint density at radius 1 is 0.889 bits per heavy atom. The molecular formula is C23H23N3O. The number of hydrogen-bond acceptors (Lipinski definition) is 3. The van der Waals surface area contributed by atoms with Gasteiger partial charge in [0.05, 0.1) is 5.52 Å². The maximum Gasteiger partial charge on any atom is 0.272 e. The van der Waals surface area contributed by atoms with Gasteiger partial charge in [0.2, 0.25) is 0 Å². The van der Waals surface area contributed by atoms with Crippen LogP contribution in [0, 0.1) is 0 Å². The van der Waals surface area contributed by atoms with E-state index in [1.54, 1.807) is 0 Å². The number of fused-ring (bicyclic) bond motifs is 1. The number of piperazine rings is 1. The molecule has 2 heterocycles. The summed E-state index contributed by atoms with van der Waals surface area (Å²) in [7, 11) is 0. The second kappa shape index (κ2) is 8.14. The summed E-state index contributed by atoms with van der Waals surface area (Å²) in [6, 6.07) is 22.0. The van der Waals surface area contributed by atoms with Gasteiger partial charge in [0.1, 0.15) is 5.69 Å². The molecule has 1 saturated heterocycles. The number of amides is 1. The van der Waals surface area contributed by atoms with Gasteiger partial charge in [-0.3, -0.25) is 9.69 Å². The molecule has 4 rings (SSSR count). The number of pyridine rings is 1. The Morgan fingerprint density at radius 2 is 1.63 bits per heavy atom. The summed E-state index contributed by atoms with van der Waals surface area (Å²) >= 11 is 0. The molecule has 0 unspecified atom stereocenters. The van der Waals surface area contributed by atoms with Gasteiger partial charge in [-0.2, -0.15) is 0 Å². The van der Waals surface area contributed by atoms with Crippen molar-refractivity contribution in [3.8, 4) is 0 Å². The maximum absolute atomic E-state index is 12.8. The smallest absolute Gasteiger partial charge is 0.272 e. The van der Waals surface area contributed by atoms with Crippen LogP contribution < -0.4 is 0 Å². The Morgan fingerprint density at radius 3 is 2.44 bits per heavy atom. The molecule has 0 N–H and O–H groups in total. The van der Waals surface area contributed by atoms with Crippen LogP contribution in [-0.2, 0) is 0 Å². The predicted octanol–water partition coefficient (Wildman–Crippen LogP) is 3.71. The summed E-state index contributed by atoms with van der Waals surface area (Å²) in [5.74, 6) is 0.0280. The van der Waals surface area contributed by atoms with E-state index in [2.05, 4.69) is 34.2 Å². The first kappa shape index (κ1) is 17.4. The molecular weight excluding hydrogens is 334 g/mol. The van der Waals surface area contributed by atoms with Crippen molar-refractivity contribution in [2.75, 3.05) is 32.7 Å². The fourth-order valence-electron chi connectivity index (χ4n) is 3.38. The van der Waals surface area contributed by atoms with Crippen LogP contribution in [0.25, 0.3) is 17.0 Å². The van der Waals surface area contributed by atoms with Crippen LogP contribution in [-0.4, -0.2) is 53.4 Å². The van der Waals surface area contributed by atoms with Crippen LogP contribution in [0.5, 0.6) is 0 Å². The Balaban J connectivity index is 1.33. The molecule has 1 aliphatic heterocycles. The molecule has 3 aromatic rings. The second-order valence-corrected chi connectivity index (χ2v) is 6.80. The number of carbonyl (C=O) groups is 1. The van der Waals surface area contributed by atoms with Crippen molar-refractivity contribution in [3.63, 3.8) is 0 Å². The minimum atomic E-state index is 0.0280. The van der Waals surface area contributed by atoms with Gasteiger partial charge in [-0.05, 0) is 17.7 Å². The number of carbonyl (C=O) groups excluding carboxylic acids is 1. The molecule has 1 amide bonds. The van der Waals surface area contributed by atoms with Crippen LogP contribution in [0.15, 0.2) is 72.8 Å². The van der Waals surface area contributed by atoms with E-state index < -0.39 is 0 Å². The SMILES string of the molecule is O=C(c1ccc2ccccc2n1)N1CCN(C/C=C/c2ccccc2)CC1. The summed E-state index contributed by atoms with van der Waals surface area (Å²) in [5, 5.41) is 1.06. The maximum atomic E-state index is 12.8. The molecule has 0 saturated carbocycles. The molecule has 136 valence electrons. The standard InChI is InChI=1S/C23H23N3O/c27-23(22-13-12-20-10-4-5-11-21(20)24-22)26-17-15-25(16-18-26)14-6-9-19-7-2-1-3-8-19/h1-13H,14-18H2/b9-6+. The first-order valence-electron chi connectivity index (χ1n) is 9.39. The fourth-order valence-corrected chi connectivity index (χ4v) is 3.38. The first-order valence-corrected chi connectivity index (χ1v) is 9.39. The molecule has 0 atom stereocenters. The summed E-state index contributed by atoms with van der Waals surface area (Å²) in [6.45, 7) is 4.17. The highest BCUT2D eigenvalue weighted by atomic mass is 16.2. The normalized spacial score (nSPS) is 15.5. The van der Waals surface area contributed by atoms with Crippen LogP contribution in [0.1, 0.15) is 16.1 Å². The Labute approximate surface area is 159 Å². The Kier molecular flexibility index (Phi) is 5.26. The van der Waals surface area contributed by atoms with Crippen molar-refractivity contribution < 1.29 is 4.79 Å². The largest absolute Gasteiger partial charge is 0.335 e. The van der Waals surface area contributed by atoms with E-state index >= 15 is 0 Å². The highest BCUT2D eigenvalue weighted by molar-refractivity contribution is 5.95. The van der Waals surface area contributed by atoms with E-state index in [0.29, 0.717) is 5.69 Å². The van der Waals surface area contributed by atoms with Gasteiger partial charge in [-0.1, -0.05) is 66.7 Å². The zero-order valence-corrected chi connectivity index (χ0v) is 15.3. The third-order valence-electron chi connectivity index (χ3n) is 4.95. The number of nitrogens with zero attached hydrogens (tertiary/aromatic N) is 3. The molecule has 27 heavy (non-hydrogen) atoms. The minimum Gasteiger partial charge on any atom is -0.335 e.